The highest BCUT2D eigenvalue weighted by Gasteiger charge is 2.25. The number of rotatable bonds is 5. The Hall–Kier alpha value is -3.79. The molecule has 5 N–H and O–H groups in total. The molecule has 1 saturated heterocycles. The van der Waals surface area contributed by atoms with E-state index in [1.54, 1.807) is 16.7 Å². The molecule has 4 rings (SSSR count). The standard InChI is InChI=1S/C21H23N7O3/c1-12(11-29)27-6-4-14(5-7-27)28-19-15(20(30)26-21(28)31)10-24-17-3-2-16(25-18(17)19)13(8-22)9-23/h2-3,8-10,14,22,29H,1,4-7,11,23H2,(H,26,30,31)/b13-9+,22-8?. The van der Waals surface area contributed by atoms with Gasteiger partial charge in [0.15, 0.2) is 0 Å². The van der Waals surface area contributed by atoms with E-state index in [2.05, 4.69) is 21.5 Å². The molecule has 0 bridgehead atoms. The van der Waals surface area contributed by atoms with Crippen LogP contribution in [-0.2, 0) is 0 Å². The predicted octanol–water partition coefficient (Wildman–Crippen LogP) is 0.725. The van der Waals surface area contributed by atoms with Crippen LogP contribution < -0.4 is 17.0 Å². The second-order valence-electron chi connectivity index (χ2n) is 7.42. The van der Waals surface area contributed by atoms with E-state index < -0.39 is 11.2 Å². The number of H-pyrrole nitrogens is 1. The number of nitrogens with zero attached hydrogens (tertiary/aromatic N) is 4. The Labute approximate surface area is 176 Å². The Morgan fingerprint density at radius 2 is 2.10 bits per heavy atom. The van der Waals surface area contributed by atoms with Crippen molar-refractivity contribution >= 4 is 33.7 Å². The molecule has 3 aromatic heterocycles. The number of nitrogens with two attached hydrogens (primary N) is 1. The van der Waals surface area contributed by atoms with Crippen LogP contribution in [-0.4, -0.2) is 55.4 Å². The van der Waals surface area contributed by atoms with Gasteiger partial charge in [0.1, 0.15) is 5.52 Å². The van der Waals surface area contributed by atoms with E-state index in [1.807, 2.05) is 4.90 Å². The van der Waals surface area contributed by atoms with Crippen molar-refractivity contribution in [1.82, 2.24) is 24.4 Å². The SMILES string of the molecule is C=C(CO)N1CCC(n2c(=O)[nH]c(=O)c3cnc4ccc(/C(C=N)=C/N)nc4c32)CC1. The average Bonchev–Trinajstić information content (AvgIpc) is 2.79. The van der Waals surface area contributed by atoms with Gasteiger partial charge in [-0.25, -0.2) is 9.78 Å². The van der Waals surface area contributed by atoms with Gasteiger partial charge in [-0.3, -0.25) is 19.3 Å². The average molecular weight is 421 g/mol. The van der Waals surface area contributed by atoms with Crippen molar-refractivity contribution in [2.45, 2.75) is 18.9 Å². The maximum Gasteiger partial charge on any atom is 0.329 e. The molecule has 0 saturated carbocycles. The Morgan fingerprint density at radius 3 is 2.74 bits per heavy atom. The third-order valence-corrected chi connectivity index (χ3v) is 5.70. The van der Waals surface area contributed by atoms with Gasteiger partial charge in [-0.15, -0.1) is 0 Å². The molecule has 31 heavy (non-hydrogen) atoms. The van der Waals surface area contributed by atoms with E-state index in [4.69, 9.17) is 11.1 Å². The lowest BCUT2D eigenvalue weighted by molar-refractivity contribution is 0.195. The molecule has 0 radical (unpaired) electrons. The number of piperidine rings is 1. The van der Waals surface area contributed by atoms with Crippen molar-refractivity contribution in [3.8, 4) is 0 Å². The fourth-order valence-corrected chi connectivity index (χ4v) is 4.05. The zero-order valence-corrected chi connectivity index (χ0v) is 16.8. The molecule has 0 unspecified atom stereocenters. The van der Waals surface area contributed by atoms with Crippen LogP contribution in [0.3, 0.4) is 0 Å². The van der Waals surface area contributed by atoms with Crippen LogP contribution in [0.25, 0.3) is 27.5 Å². The van der Waals surface area contributed by atoms with Gasteiger partial charge >= 0.3 is 5.69 Å². The summed E-state index contributed by atoms with van der Waals surface area (Å²) >= 11 is 0. The summed E-state index contributed by atoms with van der Waals surface area (Å²) in [7, 11) is 0. The minimum atomic E-state index is -0.523. The maximum absolute atomic E-state index is 12.9. The van der Waals surface area contributed by atoms with E-state index in [0.29, 0.717) is 59.4 Å². The van der Waals surface area contributed by atoms with E-state index in [-0.39, 0.29) is 18.0 Å². The lowest BCUT2D eigenvalue weighted by Gasteiger charge is -2.35. The molecular weight excluding hydrogens is 398 g/mol. The number of fused-ring (bicyclic) bond motifs is 3. The molecule has 1 fully saturated rings. The fraction of sp³-hybridized carbons (Fsp3) is 0.286. The normalized spacial score (nSPS) is 15.5. The summed E-state index contributed by atoms with van der Waals surface area (Å²) in [6, 6.07) is 3.26. The summed E-state index contributed by atoms with van der Waals surface area (Å²) in [4.78, 5) is 38.8. The Bertz CT molecular complexity index is 1330. The molecule has 160 valence electrons. The first kappa shape index (κ1) is 20.5. The van der Waals surface area contributed by atoms with Crippen LogP contribution in [0.1, 0.15) is 24.6 Å². The summed E-state index contributed by atoms with van der Waals surface area (Å²) in [5.74, 6) is 0. The largest absolute Gasteiger partial charge is 0.404 e. The lowest BCUT2D eigenvalue weighted by Crippen LogP contribution is -2.40. The Morgan fingerprint density at radius 1 is 1.35 bits per heavy atom. The minimum absolute atomic E-state index is 0.112. The zero-order chi connectivity index (χ0) is 22.1. The van der Waals surface area contributed by atoms with Gasteiger partial charge in [0.05, 0.1) is 28.7 Å². The van der Waals surface area contributed by atoms with E-state index >= 15 is 0 Å². The summed E-state index contributed by atoms with van der Waals surface area (Å²) in [5.41, 5.74) is 7.44. The molecule has 10 nitrogen and oxygen atoms in total. The number of aromatic amines is 1. The molecule has 0 aliphatic carbocycles. The molecule has 10 heteroatoms. The van der Waals surface area contributed by atoms with Gasteiger partial charge in [-0.05, 0) is 25.0 Å². The number of hydrogen-bond acceptors (Lipinski definition) is 8. The number of allylic oxidation sites excluding steroid dienone is 1. The molecule has 0 spiro atoms. The highest BCUT2D eigenvalue weighted by atomic mass is 16.3. The smallest absolute Gasteiger partial charge is 0.329 e. The fourth-order valence-electron chi connectivity index (χ4n) is 4.05. The second-order valence-corrected chi connectivity index (χ2v) is 7.42. The first-order valence-corrected chi connectivity index (χ1v) is 9.89. The van der Waals surface area contributed by atoms with Crippen LogP contribution in [0.5, 0.6) is 0 Å². The zero-order valence-electron chi connectivity index (χ0n) is 16.8. The number of aliphatic hydroxyl groups excluding tert-OH is 1. The number of nitrogens with one attached hydrogen (secondary N) is 2. The minimum Gasteiger partial charge on any atom is -0.404 e. The van der Waals surface area contributed by atoms with Gasteiger partial charge in [0.2, 0.25) is 0 Å². The van der Waals surface area contributed by atoms with Crippen molar-refractivity contribution in [2.24, 2.45) is 5.73 Å². The van der Waals surface area contributed by atoms with Crippen molar-refractivity contribution in [3.63, 3.8) is 0 Å². The highest BCUT2D eigenvalue weighted by Crippen LogP contribution is 2.28. The molecular formula is C21H23N7O3. The topological polar surface area (TPSA) is 154 Å². The van der Waals surface area contributed by atoms with E-state index in [0.717, 1.165) is 6.21 Å². The van der Waals surface area contributed by atoms with Crippen LogP contribution in [0, 0.1) is 5.41 Å². The molecule has 1 aliphatic heterocycles. The van der Waals surface area contributed by atoms with Gasteiger partial charge in [0, 0.05) is 49.0 Å². The van der Waals surface area contributed by atoms with Crippen LogP contribution >= 0.6 is 0 Å². The van der Waals surface area contributed by atoms with Crippen molar-refractivity contribution < 1.29 is 5.11 Å². The predicted molar refractivity (Wildman–Crippen MR) is 119 cm³/mol. The first-order valence-electron chi connectivity index (χ1n) is 9.89. The van der Waals surface area contributed by atoms with Crippen LogP contribution in [0.2, 0.25) is 0 Å². The van der Waals surface area contributed by atoms with Gasteiger partial charge in [-0.2, -0.15) is 0 Å². The molecule has 3 aromatic rings. The number of hydrogen-bond donors (Lipinski definition) is 4. The quantitative estimate of drug-likeness (QED) is 0.350. The van der Waals surface area contributed by atoms with Gasteiger partial charge in [0.25, 0.3) is 5.56 Å². The third kappa shape index (κ3) is 3.50. The Balaban J connectivity index is 1.94. The second kappa shape index (κ2) is 8.15. The summed E-state index contributed by atoms with van der Waals surface area (Å²) < 4.78 is 1.59. The van der Waals surface area contributed by atoms with Crippen molar-refractivity contribution in [1.29, 1.82) is 5.41 Å². The molecule has 1 aliphatic rings. The first-order chi connectivity index (χ1) is 15.0. The van der Waals surface area contributed by atoms with Crippen molar-refractivity contribution in [3.05, 3.63) is 63.3 Å². The van der Waals surface area contributed by atoms with Gasteiger partial charge < -0.3 is 21.1 Å². The van der Waals surface area contributed by atoms with E-state index in [9.17, 15) is 14.7 Å². The van der Waals surface area contributed by atoms with Crippen LogP contribution in [0.15, 0.2) is 46.4 Å². The van der Waals surface area contributed by atoms with Gasteiger partial charge in [-0.1, -0.05) is 6.58 Å². The molecule has 0 atom stereocenters. The lowest BCUT2D eigenvalue weighted by atomic mass is 10.0. The maximum atomic E-state index is 12.9. The van der Waals surface area contributed by atoms with E-state index in [1.165, 1.54) is 12.4 Å². The summed E-state index contributed by atoms with van der Waals surface area (Å²) in [6.45, 7) is 5.02. The number of aromatic nitrogens is 4. The molecule has 4 heterocycles. The highest BCUT2D eigenvalue weighted by molar-refractivity contribution is 6.09. The number of likely N-dealkylation sites (tertiary alicyclic amines) is 1. The molecule has 0 aromatic carbocycles. The molecule has 0 amide bonds. The number of pyridine rings is 2. The number of aliphatic hydroxyl groups is 1. The van der Waals surface area contributed by atoms with Crippen molar-refractivity contribution in [2.75, 3.05) is 19.7 Å². The monoisotopic (exact) mass is 421 g/mol. The Kier molecular flexibility index (Phi) is 5.38. The third-order valence-electron chi connectivity index (χ3n) is 5.70. The van der Waals surface area contributed by atoms with Crippen LogP contribution in [0.4, 0.5) is 0 Å². The summed E-state index contributed by atoms with van der Waals surface area (Å²) in [6.07, 6.45) is 5.10. The summed E-state index contributed by atoms with van der Waals surface area (Å²) in [5, 5.41) is 17.1.